The number of amides is 1. The Labute approximate surface area is 134 Å². The molecule has 0 saturated heterocycles. The number of carboxylic acid groups (broad SMARTS) is 1. The molecule has 0 aliphatic rings. The van der Waals surface area contributed by atoms with Gasteiger partial charge in [0, 0.05) is 6.42 Å². The third kappa shape index (κ3) is 5.74. The number of rotatable bonds is 6. The molecule has 5 nitrogen and oxygen atoms in total. The maximum atomic E-state index is 11.7. The maximum absolute atomic E-state index is 11.7. The van der Waals surface area contributed by atoms with Crippen LogP contribution in [0.1, 0.15) is 17.5 Å². The molecule has 0 aliphatic heterocycles. The number of hydrogen-bond donors (Lipinski definition) is 1. The lowest BCUT2D eigenvalue weighted by Crippen LogP contribution is -2.16. The van der Waals surface area contributed by atoms with E-state index in [0.717, 1.165) is 11.1 Å². The van der Waals surface area contributed by atoms with Gasteiger partial charge in [0.05, 0.1) is 0 Å². The fourth-order valence-electron chi connectivity index (χ4n) is 1.98. The molecule has 5 heteroatoms. The summed E-state index contributed by atoms with van der Waals surface area (Å²) in [6.45, 7) is 0.0642. The normalized spacial score (nSPS) is 11.0. The van der Waals surface area contributed by atoms with E-state index in [1.807, 2.05) is 60.7 Å². The monoisotopic (exact) mass is 311 g/mol. The standard InChI is InChI=1S/C18H17NO4/c20-17(21)16(12-11-14-7-3-1-4-8-14)19-18(22)23-13-15-9-5-2-6-10-15/h1-10H,11-13H2,(H,20,21). The van der Waals surface area contributed by atoms with Crippen LogP contribution in [0.25, 0.3) is 0 Å². The summed E-state index contributed by atoms with van der Waals surface area (Å²) >= 11 is 0. The Balaban J connectivity index is 1.92. The van der Waals surface area contributed by atoms with E-state index in [0.29, 0.717) is 6.42 Å². The van der Waals surface area contributed by atoms with E-state index in [1.54, 1.807) is 0 Å². The Morgan fingerprint density at radius 3 is 2.04 bits per heavy atom. The fraction of sp³-hybridized carbons (Fsp3) is 0.167. The second-order valence-electron chi connectivity index (χ2n) is 4.89. The number of carboxylic acids is 1. The molecule has 0 saturated carbocycles. The van der Waals surface area contributed by atoms with Gasteiger partial charge < -0.3 is 9.84 Å². The Morgan fingerprint density at radius 2 is 1.48 bits per heavy atom. The van der Waals surface area contributed by atoms with Crippen LogP contribution in [0.3, 0.4) is 0 Å². The number of nitrogens with zero attached hydrogens (tertiary/aromatic N) is 1. The molecular weight excluding hydrogens is 294 g/mol. The van der Waals surface area contributed by atoms with Crippen LogP contribution in [0.4, 0.5) is 4.79 Å². The summed E-state index contributed by atoms with van der Waals surface area (Å²) in [5.74, 6) is -1.21. The van der Waals surface area contributed by atoms with Gasteiger partial charge in [-0.15, -0.1) is 0 Å². The summed E-state index contributed by atoms with van der Waals surface area (Å²) in [5.41, 5.74) is 1.60. The Hall–Kier alpha value is -2.95. The van der Waals surface area contributed by atoms with E-state index >= 15 is 0 Å². The zero-order valence-corrected chi connectivity index (χ0v) is 12.5. The minimum absolute atomic E-state index is 0.0642. The van der Waals surface area contributed by atoms with Gasteiger partial charge in [0.2, 0.25) is 0 Å². The summed E-state index contributed by atoms with van der Waals surface area (Å²) < 4.78 is 4.97. The van der Waals surface area contributed by atoms with E-state index in [9.17, 15) is 9.59 Å². The molecule has 0 spiro atoms. The molecular formula is C18H17NO4. The highest BCUT2D eigenvalue weighted by atomic mass is 16.5. The molecule has 0 radical (unpaired) electrons. The van der Waals surface area contributed by atoms with E-state index in [-0.39, 0.29) is 18.7 Å². The topological polar surface area (TPSA) is 76.0 Å². The molecule has 23 heavy (non-hydrogen) atoms. The van der Waals surface area contributed by atoms with Crippen LogP contribution in [0, 0.1) is 0 Å². The van der Waals surface area contributed by atoms with Crippen molar-refractivity contribution in [3.05, 3.63) is 71.8 Å². The lowest BCUT2D eigenvalue weighted by atomic mass is 10.1. The minimum atomic E-state index is -1.21. The molecule has 0 bridgehead atoms. The molecule has 0 heterocycles. The Kier molecular flexibility index (Phi) is 6.06. The first kappa shape index (κ1) is 16.4. The van der Waals surface area contributed by atoms with Crippen molar-refractivity contribution in [1.29, 1.82) is 0 Å². The van der Waals surface area contributed by atoms with Crippen molar-refractivity contribution in [2.75, 3.05) is 0 Å². The van der Waals surface area contributed by atoms with Crippen molar-refractivity contribution < 1.29 is 19.4 Å². The lowest BCUT2D eigenvalue weighted by molar-refractivity contribution is -0.129. The summed E-state index contributed by atoms with van der Waals surface area (Å²) in [5, 5.41) is 9.15. The van der Waals surface area contributed by atoms with Crippen molar-refractivity contribution in [2.45, 2.75) is 19.4 Å². The van der Waals surface area contributed by atoms with Crippen LogP contribution in [-0.2, 0) is 22.6 Å². The molecule has 0 aliphatic carbocycles. The largest absolute Gasteiger partial charge is 0.477 e. The van der Waals surface area contributed by atoms with Crippen molar-refractivity contribution in [3.8, 4) is 0 Å². The fourth-order valence-corrected chi connectivity index (χ4v) is 1.98. The predicted molar refractivity (Wildman–Crippen MR) is 86.5 cm³/mol. The van der Waals surface area contributed by atoms with Gasteiger partial charge in [-0.3, -0.25) is 0 Å². The molecule has 2 aromatic carbocycles. The zero-order chi connectivity index (χ0) is 16.5. The molecule has 0 aromatic heterocycles. The summed E-state index contributed by atoms with van der Waals surface area (Å²) in [4.78, 5) is 26.4. The van der Waals surface area contributed by atoms with Gasteiger partial charge >= 0.3 is 12.1 Å². The Morgan fingerprint density at radius 1 is 0.913 bits per heavy atom. The number of benzene rings is 2. The average molecular weight is 311 g/mol. The van der Waals surface area contributed by atoms with E-state index in [2.05, 4.69) is 4.99 Å². The van der Waals surface area contributed by atoms with Crippen molar-refractivity contribution in [3.63, 3.8) is 0 Å². The second kappa shape index (κ2) is 8.48. The highest BCUT2D eigenvalue weighted by Crippen LogP contribution is 2.06. The molecule has 1 amide bonds. The first-order valence-corrected chi connectivity index (χ1v) is 7.20. The smallest absolute Gasteiger partial charge is 0.434 e. The average Bonchev–Trinajstić information content (AvgIpc) is 2.58. The number of aryl methyl sites for hydroxylation is 1. The van der Waals surface area contributed by atoms with Crippen molar-refractivity contribution in [1.82, 2.24) is 0 Å². The quantitative estimate of drug-likeness (QED) is 0.829. The number of carbonyl (C=O) groups excluding carboxylic acids is 1. The molecule has 0 atom stereocenters. The zero-order valence-electron chi connectivity index (χ0n) is 12.5. The molecule has 0 fully saturated rings. The number of carbonyl (C=O) groups is 2. The maximum Gasteiger partial charge on any atom is 0.434 e. The first-order valence-electron chi connectivity index (χ1n) is 7.20. The molecule has 0 unspecified atom stereocenters. The molecule has 1 N–H and O–H groups in total. The van der Waals surface area contributed by atoms with E-state index in [1.165, 1.54) is 0 Å². The van der Waals surface area contributed by atoms with Crippen LogP contribution in [0.15, 0.2) is 65.7 Å². The highest BCUT2D eigenvalue weighted by Gasteiger charge is 2.13. The van der Waals surface area contributed by atoms with Gasteiger partial charge in [-0.1, -0.05) is 60.7 Å². The summed E-state index contributed by atoms with van der Waals surface area (Å²) in [7, 11) is 0. The van der Waals surface area contributed by atoms with Crippen LogP contribution in [-0.4, -0.2) is 22.9 Å². The predicted octanol–water partition coefficient (Wildman–Crippen LogP) is 3.48. The van der Waals surface area contributed by atoms with Gasteiger partial charge in [-0.05, 0) is 17.5 Å². The minimum Gasteiger partial charge on any atom is -0.477 e. The molecule has 2 aromatic rings. The Bertz CT molecular complexity index is 681. The lowest BCUT2D eigenvalue weighted by Gasteiger charge is -2.04. The molecule has 118 valence electrons. The van der Waals surface area contributed by atoms with E-state index < -0.39 is 12.1 Å². The van der Waals surface area contributed by atoms with Gasteiger partial charge in [-0.2, -0.15) is 4.99 Å². The number of ether oxygens (including phenoxy) is 1. The summed E-state index contributed by atoms with van der Waals surface area (Å²) in [6, 6.07) is 18.6. The first-order chi connectivity index (χ1) is 11.1. The third-order valence-corrected chi connectivity index (χ3v) is 3.17. The van der Waals surface area contributed by atoms with Crippen LogP contribution < -0.4 is 0 Å². The number of aliphatic imine (C=N–C) groups is 1. The van der Waals surface area contributed by atoms with Crippen molar-refractivity contribution in [2.24, 2.45) is 4.99 Å². The third-order valence-electron chi connectivity index (χ3n) is 3.17. The molecule has 2 rings (SSSR count). The van der Waals surface area contributed by atoms with Gasteiger partial charge in [0.15, 0.2) is 0 Å². The van der Waals surface area contributed by atoms with Crippen LogP contribution >= 0.6 is 0 Å². The second-order valence-corrected chi connectivity index (χ2v) is 4.89. The highest BCUT2D eigenvalue weighted by molar-refractivity contribution is 6.37. The number of aliphatic carboxylic acids is 1. The summed E-state index contributed by atoms with van der Waals surface area (Å²) in [6.07, 6.45) is -0.225. The van der Waals surface area contributed by atoms with Crippen LogP contribution in [0.5, 0.6) is 0 Å². The number of hydrogen-bond acceptors (Lipinski definition) is 3. The van der Waals surface area contributed by atoms with Gasteiger partial charge in [-0.25, -0.2) is 9.59 Å². The van der Waals surface area contributed by atoms with Gasteiger partial charge in [0.1, 0.15) is 12.3 Å². The van der Waals surface area contributed by atoms with E-state index in [4.69, 9.17) is 9.84 Å². The van der Waals surface area contributed by atoms with Crippen molar-refractivity contribution >= 4 is 17.8 Å². The SMILES string of the molecule is O=C(N=C(CCc1ccccc1)C(=O)O)OCc1ccccc1. The van der Waals surface area contributed by atoms with Gasteiger partial charge in [0.25, 0.3) is 0 Å². The van der Waals surface area contributed by atoms with Crippen LogP contribution in [0.2, 0.25) is 0 Å².